The van der Waals surface area contributed by atoms with Crippen molar-refractivity contribution in [1.82, 2.24) is 9.97 Å². The Morgan fingerprint density at radius 1 is 0.864 bits per heavy atom. The molecular formula is C17H13N3S2. The topological polar surface area (TPSA) is 37.8 Å². The monoisotopic (exact) mass is 323 g/mol. The highest BCUT2D eigenvalue weighted by molar-refractivity contribution is 7.17. The van der Waals surface area contributed by atoms with Gasteiger partial charge in [0.15, 0.2) is 0 Å². The van der Waals surface area contributed by atoms with Gasteiger partial charge >= 0.3 is 0 Å². The van der Waals surface area contributed by atoms with E-state index in [0.717, 1.165) is 16.0 Å². The lowest BCUT2D eigenvalue weighted by Gasteiger charge is -2.19. The Morgan fingerprint density at radius 3 is 2.59 bits per heavy atom. The summed E-state index contributed by atoms with van der Waals surface area (Å²) in [5.74, 6) is 0.891. The Balaban J connectivity index is 1.77. The Hall–Kier alpha value is -2.24. The van der Waals surface area contributed by atoms with Crippen molar-refractivity contribution in [3.05, 3.63) is 76.1 Å². The first-order chi connectivity index (χ1) is 10.9. The number of thiophene rings is 2. The van der Waals surface area contributed by atoms with Crippen molar-refractivity contribution < 1.29 is 0 Å². The van der Waals surface area contributed by atoms with Gasteiger partial charge in [0.2, 0.25) is 0 Å². The van der Waals surface area contributed by atoms with Gasteiger partial charge in [-0.05, 0) is 28.5 Å². The van der Waals surface area contributed by atoms with E-state index < -0.39 is 0 Å². The summed E-state index contributed by atoms with van der Waals surface area (Å²) in [4.78, 5) is 10.0. The third kappa shape index (κ3) is 2.49. The molecule has 0 aliphatic rings. The lowest BCUT2D eigenvalue weighted by molar-refractivity contribution is 0.952. The molecule has 1 aromatic carbocycles. The summed E-state index contributed by atoms with van der Waals surface area (Å²) in [5, 5.41) is 7.75. The Morgan fingerprint density at radius 2 is 1.77 bits per heavy atom. The smallest absolute Gasteiger partial charge is 0.148 e. The standard InChI is InChI=1S/C17H13N3S2/c1-2-5-12(6-3-1)15(14-7-4-9-21-14)20-17-16-13(8-10-22-16)18-11-19-17/h1-11,15H,(H,18,19,20). The van der Waals surface area contributed by atoms with E-state index in [1.165, 1.54) is 10.4 Å². The predicted molar refractivity (Wildman–Crippen MR) is 93.6 cm³/mol. The van der Waals surface area contributed by atoms with Crippen molar-refractivity contribution in [2.45, 2.75) is 6.04 Å². The Kier molecular flexibility index (Phi) is 3.58. The molecule has 0 aliphatic carbocycles. The van der Waals surface area contributed by atoms with Gasteiger partial charge in [-0.2, -0.15) is 0 Å². The molecule has 0 spiro atoms. The summed E-state index contributed by atoms with van der Waals surface area (Å²) in [6, 6.07) is 16.8. The van der Waals surface area contributed by atoms with E-state index in [0.29, 0.717) is 0 Å². The van der Waals surface area contributed by atoms with E-state index in [1.807, 2.05) is 17.5 Å². The number of anilines is 1. The molecule has 0 bridgehead atoms. The molecule has 1 atom stereocenters. The van der Waals surface area contributed by atoms with Gasteiger partial charge in [0, 0.05) is 4.88 Å². The fraction of sp³-hybridized carbons (Fsp3) is 0.0588. The van der Waals surface area contributed by atoms with Crippen LogP contribution in [0.1, 0.15) is 16.5 Å². The first kappa shape index (κ1) is 13.4. The average Bonchev–Trinajstić information content (AvgIpc) is 3.25. The molecule has 108 valence electrons. The van der Waals surface area contributed by atoms with Gasteiger partial charge in [-0.15, -0.1) is 22.7 Å². The first-order valence-electron chi connectivity index (χ1n) is 6.95. The molecule has 4 aromatic rings. The molecular weight excluding hydrogens is 310 g/mol. The van der Waals surface area contributed by atoms with E-state index in [2.05, 4.69) is 57.1 Å². The van der Waals surface area contributed by atoms with Gasteiger partial charge in [-0.25, -0.2) is 9.97 Å². The summed E-state index contributed by atoms with van der Waals surface area (Å²) in [5.41, 5.74) is 2.22. The maximum absolute atomic E-state index is 4.45. The van der Waals surface area contributed by atoms with Crippen LogP contribution in [-0.2, 0) is 0 Å². The van der Waals surface area contributed by atoms with Crippen molar-refractivity contribution in [1.29, 1.82) is 0 Å². The molecule has 5 heteroatoms. The second-order valence-corrected chi connectivity index (χ2v) is 6.76. The van der Waals surface area contributed by atoms with E-state index in [4.69, 9.17) is 0 Å². The number of rotatable bonds is 4. The van der Waals surface area contributed by atoms with Gasteiger partial charge < -0.3 is 5.32 Å². The molecule has 0 radical (unpaired) electrons. The second kappa shape index (κ2) is 5.87. The van der Waals surface area contributed by atoms with Crippen molar-refractivity contribution in [2.24, 2.45) is 0 Å². The lowest BCUT2D eigenvalue weighted by atomic mass is 10.1. The Bertz CT molecular complexity index is 869. The second-order valence-electron chi connectivity index (χ2n) is 4.86. The largest absolute Gasteiger partial charge is 0.357 e. The van der Waals surface area contributed by atoms with Crippen LogP contribution in [0, 0.1) is 0 Å². The van der Waals surface area contributed by atoms with Crippen LogP contribution in [0.5, 0.6) is 0 Å². The zero-order chi connectivity index (χ0) is 14.8. The quantitative estimate of drug-likeness (QED) is 0.577. The number of hydrogen-bond acceptors (Lipinski definition) is 5. The summed E-state index contributed by atoms with van der Waals surface area (Å²) >= 11 is 3.41. The first-order valence-corrected chi connectivity index (χ1v) is 8.71. The number of hydrogen-bond donors (Lipinski definition) is 1. The zero-order valence-electron chi connectivity index (χ0n) is 11.6. The minimum atomic E-state index is 0.0985. The molecule has 0 saturated heterocycles. The normalized spacial score (nSPS) is 12.4. The highest BCUT2D eigenvalue weighted by Gasteiger charge is 2.17. The highest BCUT2D eigenvalue weighted by atomic mass is 32.1. The molecule has 1 N–H and O–H groups in total. The third-order valence-electron chi connectivity index (χ3n) is 3.48. The molecule has 4 rings (SSSR count). The number of fused-ring (bicyclic) bond motifs is 1. The minimum absolute atomic E-state index is 0.0985. The molecule has 3 aromatic heterocycles. The van der Waals surface area contributed by atoms with Crippen LogP contribution < -0.4 is 5.32 Å². The van der Waals surface area contributed by atoms with Crippen molar-refractivity contribution in [3.8, 4) is 0 Å². The molecule has 0 saturated carbocycles. The van der Waals surface area contributed by atoms with Crippen molar-refractivity contribution in [2.75, 3.05) is 5.32 Å². The molecule has 0 aliphatic heterocycles. The van der Waals surface area contributed by atoms with Crippen LogP contribution in [0.15, 0.2) is 65.6 Å². The maximum Gasteiger partial charge on any atom is 0.148 e. The number of nitrogens with one attached hydrogen (secondary N) is 1. The van der Waals surface area contributed by atoms with Crippen molar-refractivity contribution >= 4 is 38.7 Å². The summed E-state index contributed by atoms with van der Waals surface area (Å²) in [6.45, 7) is 0. The van der Waals surface area contributed by atoms with Crippen LogP contribution in [-0.4, -0.2) is 9.97 Å². The van der Waals surface area contributed by atoms with Gasteiger partial charge in [0.05, 0.1) is 16.3 Å². The van der Waals surface area contributed by atoms with Crippen LogP contribution in [0.3, 0.4) is 0 Å². The molecule has 1 unspecified atom stereocenters. The van der Waals surface area contributed by atoms with Gasteiger partial charge in [0.1, 0.15) is 12.1 Å². The van der Waals surface area contributed by atoms with Crippen molar-refractivity contribution in [3.63, 3.8) is 0 Å². The molecule has 3 nitrogen and oxygen atoms in total. The zero-order valence-corrected chi connectivity index (χ0v) is 13.3. The van der Waals surface area contributed by atoms with E-state index in [1.54, 1.807) is 29.0 Å². The van der Waals surface area contributed by atoms with E-state index >= 15 is 0 Å². The number of aromatic nitrogens is 2. The summed E-state index contributed by atoms with van der Waals surface area (Å²) < 4.78 is 1.10. The summed E-state index contributed by atoms with van der Waals surface area (Å²) in [6.07, 6.45) is 1.62. The highest BCUT2D eigenvalue weighted by Crippen LogP contribution is 2.32. The molecule has 0 fully saturated rings. The lowest BCUT2D eigenvalue weighted by Crippen LogP contribution is -2.12. The minimum Gasteiger partial charge on any atom is -0.357 e. The SMILES string of the molecule is c1ccc(C(Nc2ncnc3ccsc23)c2cccs2)cc1. The number of benzene rings is 1. The van der Waals surface area contributed by atoms with Gasteiger partial charge in [-0.3, -0.25) is 0 Å². The molecule has 3 heterocycles. The van der Waals surface area contributed by atoms with Gasteiger partial charge in [0.25, 0.3) is 0 Å². The summed E-state index contributed by atoms with van der Waals surface area (Å²) in [7, 11) is 0. The fourth-order valence-electron chi connectivity index (χ4n) is 2.45. The van der Waals surface area contributed by atoms with E-state index in [-0.39, 0.29) is 6.04 Å². The average molecular weight is 323 g/mol. The fourth-order valence-corrected chi connectivity index (χ4v) is 4.05. The van der Waals surface area contributed by atoms with Crippen LogP contribution >= 0.6 is 22.7 Å². The number of nitrogens with zero attached hydrogens (tertiary/aromatic N) is 2. The van der Waals surface area contributed by atoms with Gasteiger partial charge in [-0.1, -0.05) is 36.4 Å². The van der Waals surface area contributed by atoms with Crippen LogP contribution in [0.2, 0.25) is 0 Å². The molecule has 22 heavy (non-hydrogen) atoms. The Labute approximate surface area is 136 Å². The third-order valence-corrected chi connectivity index (χ3v) is 5.33. The molecule has 0 amide bonds. The van der Waals surface area contributed by atoms with E-state index in [9.17, 15) is 0 Å². The maximum atomic E-state index is 4.45. The predicted octanol–water partition coefficient (Wildman–Crippen LogP) is 4.95. The van der Waals surface area contributed by atoms with Crippen LogP contribution in [0.25, 0.3) is 10.2 Å². The van der Waals surface area contributed by atoms with Crippen LogP contribution in [0.4, 0.5) is 5.82 Å².